The Bertz CT molecular complexity index is 813. The van der Waals surface area contributed by atoms with E-state index >= 15 is 0 Å². The van der Waals surface area contributed by atoms with Gasteiger partial charge in [0.25, 0.3) is 0 Å². The molecule has 0 bridgehead atoms. The van der Waals surface area contributed by atoms with Gasteiger partial charge >= 0.3 is 0 Å². The van der Waals surface area contributed by atoms with E-state index in [1.165, 1.54) is 17.5 Å². The summed E-state index contributed by atoms with van der Waals surface area (Å²) in [7, 11) is 0. The van der Waals surface area contributed by atoms with E-state index in [9.17, 15) is 25.2 Å². The lowest BCUT2D eigenvalue weighted by Gasteiger charge is -2.40. The summed E-state index contributed by atoms with van der Waals surface area (Å²) in [4.78, 5) is 21.8. The summed E-state index contributed by atoms with van der Waals surface area (Å²) in [5.41, 5.74) is 0.640. The average molecular weight is 480 g/mol. The molecule has 2 aromatic rings. The van der Waals surface area contributed by atoms with Gasteiger partial charge in [0.1, 0.15) is 30.5 Å². The molecule has 0 saturated carbocycles. The van der Waals surface area contributed by atoms with Gasteiger partial charge in [0.05, 0.1) is 28.3 Å². The van der Waals surface area contributed by atoms with E-state index in [1.807, 2.05) is 0 Å². The number of aromatic nitrogens is 2. The normalized spacial score (nSPS) is 28.3. The minimum atomic E-state index is -1.43. The van der Waals surface area contributed by atoms with Crippen LogP contribution in [0.3, 0.4) is 0 Å². The minimum absolute atomic E-state index is 0.0771. The SMILES string of the molecule is Cc1nc(Br)sc1C(=O)c1cnc(NC[C@H]2O[C@H](CO)[C@@H](O)[C@H](O)[C@@H]2O)s1. The Morgan fingerprint density at radius 1 is 1.26 bits per heavy atom. The number of aryl methyl sites for hydroxylation is 1. The van der Waals surface area contributed by atoms with E-state index in [-0.39, 0.29) is 12.3 Å². The van der Waals surface area contributed by atoms with Gasteiger partial charge in [0, 0.05) is 6.54 Å². The van der Waals surface area contributed by atoms with Crippen molar-refractivity contribution in [3.63, 3.8) is 0 Å². The maximum absolute atomic E-state index is 12.6. The van der Waals surface area contributed by atoms with Gasteiger partial charge in [-0.25, -0.2) is 9.97 Å². The number of hydrogen-bond acceptors (Lipinski definition) is 11. The summed E-state index contributed by atoms with van der Waals surface area (Å²) in [5.74, 6) is -0.172. The molecule has 1 saturated heterocycles. The Balaban J connectivity index is 1.64. The molecule has 5 atom stereocenters. The van der Waals surface area contributed by atoms with Gasteiger partial charge in [0.15, 0.2) is 9.05 Å². The number of ether oxygens (including phenoxy) is 1. The van der Waals surface area contributed by atoms with Gasteiger partial charge < -0.3 is 30.5 Å². The first-order chi connectivity index (χ1) is 12.8. The highest BCUT2D eigenvalue weighted by molar-refractivity contribution is 9.11. The molecule has 0 aliphatic carbocycles. The van der Waals surface area contributed by atoms with Gasteiger partial charge in [0.2, 0.25) is 5.78 Å². The van der Waals surface area contributed by atoms with Crippen molar-refractivity contribution in [2.75, 3.05) is 18.5 Å². The maximum atomic E-state index is 12.6. The summed E-state index contributed by atoms with van der Waals surface area (Å²) < 4.78 is 6.05. The van der Waals surface area contributed by atoms with Crippen LogP contribution >= 0.6 is 38.6 Å². The van der Waals surface area contributed by atoms with E-state index < -0.39 is 37.1 Å². The molecule has 148 valence electrons. The second kappa shape index (κ2) is 8.57. The van der Waals surface area contributed by atoms with Crippen molar-refractivity contribution >= 4 is 49.5 Å². The van der Waals surface area contributed by atoms with Crippen LogP contribution in [0.4, 0.5) is 5.13 Å². The van der Waals surface area contributed by atoms with E-state index in [0.717, 1.165) is 11.3 Å². The fraction of sp³-hybridized carbons (Fsp3) is 0.533. The third-order valence-electron chi connectivity index (χ3n) is 4.15. The van der Waals surface area contributed by atoms with Crippen molar-refractivity contribution < 1.29 is 30.0 Å². The number of carbonyl (C=O) groups excluding carboxylic acids is 1. The molecule has 5 N–H and O–H groups in total. The lowest BCUT2D eigenvalue weighted by Crippen LogP contribution is -2.60. The maximum Gasteiger partial charge on any atom is 0.216 e. The molecule has 3 heterocycles. The van der Waals surface area contributed by atoms with Crippen LogP contribution in [-0.4, -0.2) is 79.8 Å². The molecular weight excluding hydrogens is 462 g/mol. The molecule has 1 aliphatic rings. The van der Waals surface area contributed by atoms with Crippen LogP contribution < -0.4 is 5.32 Å². The van der Waals surface area contributed by atoms with Crippen LogP contribution in [0.1, 0.15) is 20.2 Å². The molecule has 0 radical (unpaired) electrons. The molecule has 0 aromatic carbocycles. The Labute approximate surface area is 170 Å². The number of halogens is 1. The number of nitrogens with one attached hydrogen (secondary N) is 1. The van der Waals surface area contributed by atoms with Crippen molar-refractivity contribution in [1.29, 1.82) is 0 Å². The molecule has 27 heavy (non-hydrogen) atoms. The van der Waals surface area contributed by atoms with E-state index in [4.69, 9.17) is 4.74 Å². The average Bonchev–Trinajstić information content (AvgIpc) is 3.24. The number of nitrogens with zero attached hydrogens (tertiary/aromatic N) is 2. The number of hydrogen-bond donors (Lipinski definition) is 5. The molecule has 0 spiro atoms. The van der Waals surface area contributed by atoms with E-state index in [0.29, 0.717) is 24.5 Å². The second-order valence-corrected chi connectivity index (χ2v) is 9.29. The summed E-state index contributed by atoms with van der Waals surface area (Å²) >= 11 is 5.66. The standard InChI is InChI=1S/C15H18BrN3O6S2/c1-5-13(27-14(16)19-5)11(23)8-3-18-15(26-8)17-2-6-9(21)12(24)10(22)7(4-20)25-6/h3,6-7,9-10,12,20-22,24H,2,4H2,1H3,(H,17,18)/t6-,7-,9-,10-,12-/m1/s1. The molecule has 1 aliphatic heterocycles. The molecule has 9 nitrogen and oxygen atoms in total. The highest BCUT2D eigenvalue weighted by Crippen LogP contribution is 2.29. The van der Waals surface area contributed by atoms with E-state index in [1.54, 1.807) is 6.92 Å². The number of carbonyl (C=O) groups is 1. The highest BCUT2D eigenvalue weighted by Gasteiger charge is 2.43. The predicted octanol–water partition coefficient (Wildman–Crippen LogP) is 0.156. The zero-order valence-electron chi connectivity index (χ0n) is 14.1. The quantitative estimate of drug-likeness (QED) is 0.365. The number of rotatable bonds is 6. The van der Waals surface area contributed by atoms with Gasteiger partial charge in [-0.05, 0) is 22.9 Å². The Morgan fingerprint density at radius 2 is 1.96 bits per heavy atom. The first-order valence-electron chi connectivity index (χ1n) is 7.99. The number of thiazole rings is 2. The van der Waals surface area contributed by atoms with Gasteiger partial charge in [-0.15, -0.1) is 11.3 Å². The van der Waals surface area contributed by atoms with E-state index in [2.05, 4.69) is 31.2 Å². The highest BCUT2D eigenvalue weighted by atomic mass is 79.9. The summed E-state index contributed by atoms with van der Waals surface area (Å²) in [6, 6.07) is 0. The van der Waals surface area contributed by atoms with Gasteiger partial charge in [-0.1, -0.05) is 11.3 Å². The van der Waals surface area contributed by atoms with Crippen LogP contribution in [-0.2, 0) is 4.74 Å². The molecule has 1 fully saturated rings. The van der Waals surface area contributed by atoms with Crippen molar-refractivity contribution in [2.24, 2.45) is 0 Å². The smallest absolute Gasteiger partial charge is 0.216 e. The van der Waals surface area contributed by atoms with Gasteiger partial charge in [-0.2, -0.15) is 0 Å². The fourth-order valence-corrected chi connectivity index (χ4v) is 5.01. The zero-order valence-corrected chi connectivity index (χ0v) is 17.3. The van der Waals surface area contributed by atoms with Crippen molar-refractivity contribution in [1.82, 2.24) is 9.97 Å². The lowest BCUT2D eigenvalue weighted by atomic mass is 9.95. The predicted molar refractivity (Wildman–Crippen MR) is 102 cm³/mol. The third kappa shape index (κ3) is 4.38. The van der Waals surface area contributed by atoms with Crippen LogP contribution in [0.2, 0.25) is 0 Å². The molecule has 0 amide bonds. The molecular formula is C15H18BrN3O6S2. The summed E-state index contributed by atoms with van der Waals surface area (Å²) in [5, 5.41) is 42.2. The van der Waals surface area contributed by atoms with Crippen LogP contribution in [0, 0.1) is 6.92 Å². The Kier molecular flexibility index (Phi) is 6.58. The fourth-order valence-electron chi connectivity index (χ4n) is 2.68. The van der Waals surface area contributed by atoms with Crippen molar-refractivity contribution in [3.05, 3.63) is 25.6 Å². The Hall–Kier alpha value is -0.990. The van der Waals surface area contributed by atoms with Crippen LogP contribution in [0.15, 0.2) is 10.1 Å². The monoisotopic (exact) mass is 479 g/mol. The molecule has 0 unspecified atom stereocenters. The lowest BCUT2D eigenvalue weighted by molar-refractivity contribution is -0.225. The molecule has 12 heteroatoms. The van der Waals surface area contributed by atoms with Crippen LogP contribution in [0.25, 0.3) is 0 Å². The number of aliphatic hydroxyl groups is 4. The largest absolute Gasteiger partial charge is 0.394 e. The summed E-state index contributed by atoms with van der Waals surface area (Å²) in [6.45, 7) is 1.35. The first kappa shape index (κ1) is 20.7. The number of ketones is 1. The minimum Gasteiger partial charge on any atom is -0.394 e. The number of aliphatic hydroxyl groups excluding tert-OH is 4. The third-order valence-corrected chi connectivity index (χ3v) is 6.71. The van der Waals surface area contributed by atoms with Crippen molar-refractivity contribution in [3.8, 4) is 0 Å². The summed E-state index contributed by atoms with van der Waals surface area (Å²) in [6.07, 6.45) is -4.51. The Morgan fingerprint density at radius 3 is 2.59 bits per heavy atom. The number of anilines is 1. The molecule has 2 aromatic heterocycles. The van der Waals surface area contributed by atoms with Crippen molar-refractivity contribution in [2.45, 2.75) is 37.4 Å². The zero-order chi connectivity index (χ0) is 19.7. The first-order valence-corrected chi connectivity index (χ1v) is 10.4. The topological polar surface area (TPSA) is 145 Å². The van der Waals surface area contributed by atoms with Crippen LogP contribution in [0.5, 0.6) is 0 Å². The molecule has 3 rings (SSSR count). The van der Waals surface area contributed by atoms with Gasteiger partial charge in [-0.3, -0.25) is 4.79 Å². The second-order valence-electron chi connectivity index (χ2n) is 5.99.